The number of nitrogens with zero attached hydrogens (tertiary/aromatic N) is 4. The number of benzene rings is 3. The van der Waals surface area contributed by atoms with Crippen LogP contribution in [0.25, 0.3) is 10.9 Å². The number of nitro groups is 1. The number of hydrogen-bond acceptors (Lipinski definition) is 7. The number of unbranched alkanes of at least 4 members (excludes halogenated alkanes) is 1. The molecular formula is C28H26Br2N4O5. The third kappa shape index (κ3) is 6.90. The molecule has 0 N–H and O–H groups in total. The molecule has 4 aromatic rings. The van der Waals surface area contributed by atoms with Gasteiger partial charge >= 0.3 is 0 Å². The maximum atomic E-state index is 13.4. The van der Waals surface area contributed by atoms with Crippen LogP contribution in [0.1, 0.15) is 43.6 Å². The Hall–Kier alpha value is -3.57. The molecule has 0 fully saturated rings. The zero-order valence-electron chi connectivity index (χ0n) is 21.4. The van der Waals surface area contributed by atoms with Crippen molar-refractivity contribution in [2.75, 3.05) is 6.61 Å². The van der Waals surface area contributed by atoms with E-state index in [0.29, 0.717) is 56.9 Å². The second-order valence-electron chi connectivity index (χ2n) is 8.62. The van der Waals surface area contributed by atoms with E-state index in [0.717, 1.165) is 17.3 Å². The number of hydrogen-bond donors (Lipinski definition) is 0. The van der Waals surface area contributed by atoms with Gasteiger partial charge in [-0.3, -0.25) is 14.9 Å². The average Bonchev–Trinajstić information content (AvgIpc) is 2.92. The van der Waals surface area contributed by atoms with Crippen LogP contribution < -0.4 is 15.0 Å². The maximum Gasteiger partial charge on any atom is 0.282 e. The molecule has 0 bridgehead atoms. The van der Waals surface area contributed by atoms with Crippen molar-refractivity contribution in [2.45, 2.75) is 39.7 Å². The number of halogens is 2. The van der Waals surface area contributed by atoms with Crippen molar-refractivity contribution in [3.63, 3.8) is 0 Å². The summed E-state index contributed by atoms with van der Waals surface area (Å²) in [5, 5.41) is 16.1. The summed E-state index contributed by atoms with van der Waals surface area (Å²) in [6.07, 6.45) is 4.03. The third-order valence-electron chi connectivity index (χ3n) is 5.82. The van der Waals surface area contributed by atoms with E-state index in [1.54, 1.807) is 36.5 Å². The number of rotatable bonds is 11. The van der Waals surface area contributed by atoms with Crippen LogP contribution in [0.4, 0.5) is 5.69 Å². The minimum absolute atomic E-state index is 0.00189. The monoisotopic (exact) mass is 656 g/mol. The Bertz CT molecular complexity index is 1600. The molecular weight excluding hydrogens is 632 g/mol. The molecule has 3 aromatic carbocycles. The second kappa shape index (κ2) is 13.0. The summed E-state index contributed by atoms with van der Waals surface area (Å²) in [4.78, 5) is 28.7. The van der Waals surface area contributed by atoms with Crippen LogP contribution in [0.2, 0.25) is 0 Å². The summed E-state index contributed by atoms with van der Waals surface area (Å²) in [7, 11) is 0. The first-order chi connectivity index (χ1) is 18.8. The molecule has 0 aliphatic heterocycles. The molecule has 202 valence electrons. The van der Waals surface area contributed by atoms with Gasteiger partial charge in [0.1, 0.15) is 12.4 Å². The van der Waals surface area contributed by atoms with Crippen LogP contribution in [0, 0.1) is 10.1 Å². The molecule has 0 radical (unpaired) electrons. The number of ether oxygens (including phenoxy) is 2. The fourth-order valence-corrected chi connectivity index (χ4v) is 4.67. The van der Waals surface area contributed by atoms with Crippen LogP contribution in [0.15, 0.2) is 73.4 Å². The summed E-state index contributed by atoms with van der Waals surface area (Å²) < 4.78 is 14.6. The van der Waals surface area contributed by atoms with E-state index in [1.807, 2.05) is 19.1 Å². The molecule has 0 atom stereocenters. The summed E-state index contributed by atoms with van der Waals surface area (Å²) in [5.74, 6) is 1.53. The highest BCUT2D eigenvalue weighted by atomic mass is 79.9. The van der Waals surface area contributed by atoms with Crippen molar-refractivity contribution < 1.29 is 14.4 Å². The van der Waals surface area contributed by atoms with Gasteiger partial charge in [-0.1, -0.05) is 41.4 Å². The molecule has 1 aromatic heterocycles. The van der Waals surface area contributed by atoms with Gasteiger partial charge in [0.05, 0.1) is 28.6 Å². The van der Waals surface area contributed by atoms with Gasteiger partial charge in [-0.2, -0.15) is 9.78 Å². The lowest BCUT2D eigenvalue weighted by atomic mass is 10.2. The second-order valence-corrected chi connectivity index (χ2v) is 10.4. The predicted octanol–water partition coefficient (Wildman–Crippen LogP) is 7.03. The van der Waals surface area contributed by atoms with Gasteiger partial charge < -0.3 is 9.47 Å². The van der Waals surface area contributed by atoms with Crippen LogP contribution in [0.3, 0.4) is 0 Å². The lowest BCUT2D eigenvalue weighted by molar-refractivity contribution is -0.384. The van der Waals surface area contributed by atoms with Crippen molar-refractivity contribution in [3.8, 4) is 11.5 Å². The summed E-state index contributed by atoms with van der Waals surface area (Å²) >= 11 is 6.99. The number of fused-ring (bicyclic) bond motifs is 1. The number of nitro benzene ring substituents is 1. The standard InChI is InChI=1S/C28H26Br2N4O5/c1-3-5-9-27-32-24-11-10-20(29)14-22(24)28(35)33(27)31-16-19-13-25(38-4-2)26(15-23(19)30)39-17-18-7-6-8-21(12-18)34(36)37/h6-8,10-16H,3-5,9,17H2,1-2H3. The molecule has 11 heteroatoms. The Labute approximate surface area is 241 Å². The molecule has 1 heterocycles. The van der Waals surface area contributed by atoms with Crippen LogP contribution in [-0.2, 0) is 13.0 Å². The Morgan fingerprint density at radius 2 is 1.87 bits per heavy atom. The van der Waals surface area contributed by atoms with Gasteiger partial charge in [0.25, 0.3) is 11.2 Å². The number of aromatic nitrogens is 2. The minimum Gasteiger partial charge on any atom is -0.490 e. The van der Waals surface area contributed by atoms with Crippen molar-refractivity contribution >= 4 is 54.7 Å². The molecule has 0 spiro atoms. The Morgan fingerprint density at radius 1 is 1.08 bits per heavy atom. The average molecular weight is 658 g/mol. The molecule has 0 aliphatic rings. The number of aryl methyl sites for hydroxylation is 1. The van der Waals surface area contributed by atoms with Gasteiger partial charge in [0, 0.05) is 33.1 Å². The topological polar surface area (TPSA) is 109 Å². The van der Waals surface area contributed by atoms with Gasteiger partial charge in [-0.15, -0.1) is 0 Å². The zero-order valence-corrected chi connectivity index (χ0v) is 24.6. The van der Waals surface area contributed by atoms with E-state index in [1.165, 1.54) is 16.8 Å². The molecule has 0 amide bonds. The van der Waals surface area contributed by atoms with Gasteiger partial charge in [0.15, 0.2) is 11.5 Å². The smallest absolute Gasteiger partial charge is 0.282 e. The molecule has 0 saturated carbocycles. The highest BCUT2D eigenvalue weighted by molar-refractivity contribution is 9.10. The van der Waals surface area contributed by atoms with E-state index < -0.39 is 4.92 Å². The largest absolute Gasteiger partial charge is 0.490 e. The molecule has 4 rings (SSSR count). The first-order valence-electron chi connectivity index (χ1n) is 12.4. The van der Waals surface area contributed by atoms with Crippen LogP contribution in [0.5, 0.6) is 11.5 Å². The first kappa shape index (κ1) is 28.4. The van der Waals surface area contributed by atoms with E-state index in [4.69, 9.17) is 14.5 Å². The van der Waals surface area contributed by atoms with Gasteiger partial charge in [-0.25, -0.2) is 4.98 Å². The SMILES string of the molecule is CCCCc1nc2ccc(Br)cc2c(=O)n1N=Cc1cc(OCC)c(OCc2cccc([N+](=O)[O-])c2)cc1Br. The minimum atomic E-state index is -0.442. The van der Waals surface area contributed by atoms with E-state index in [2.05, 4.69) is 43.9 Å². The van der Waals surface area contributed by atoms with Gasteiger partial charge in [0.2, 0.25) is 0 Å². The quantitative estimate of drug-likeness (QED) is 0.0973. The van der Waals surface area contributed by atoms with E-state index >= 15 is 0 Å². The molecule has 0 aliphatic carbocycles. The Balaban J connectivity index is 1.67. The lowest BCUT2D eigenvalue weighted by Crippen LogP contribution is -2.22. The summed E-state index contributed by atoms with van der Waals surface area (Å²) in [5.41, 5.74) is 1.71. The Morgan fingerprint density at radius 3 is 2.62 bits per heavy atom. The lowest BCUT2D eigenvalue weighted by Gasteiger charge is -2.14. The van der Waals surface area contributed by atoms with E-state index in [-0.39, 0.29) is 17.9 Å². The van der Waals surface area contributed by atoms with Crippen LogP contribution >= 0.6 is 31.9 Å². The molecule has 39 heavy (non-hydrogen) atoms. The van der Waals surface area contributed by atoms with E-state index in [9.17, 15) is 14.9 Å². The molecule has 9 nitrogen and oxygen atoms in total. The normalized spacial score (nSPS) is 11.3. The van der Waals surface area contributed by atoms with Crippen molar-refractivity contribution in [1.29, 1.82) is 0 Å². The van der Waals surface area contributed by atoms with Crippen molar-refractivity contribution in [3.05, 3.63) is 101 Å². The first-order valence-corrected chi connectivity index (χ1v) is 14.0. The van der Waals surface area contributed by atoms with Crippen LogP contribution in [-0.4, -0.2) is 27.4 Å². The fourth-order valence-electron chi connectivity index (χ4n) is 3.88. The highest BCUT2D eigenvalue weighted by Crippen LogP contribution is 2.34. The fraction of sp³-hybridized carbons (Fsp3) is 0.250. The highest BCUT2D eigenvalue weighted by Gasteiger charge is 2.14. The zero-order chi connectivity index (χ0) is 27.9. The third-order valence-corrected chi connectivity index (χ3v) is 7.00. The molecule has 0 unspecified atom stereocenters. The predicted molar refractivity (Wildman–Crippen MR) is 158 cm³/mol. The molecule has 0 saturated heterocycles. The maximum absolute atomic E-state index is 13.4. The Kier molecular flexibility index (Phi) is 9.47. The van der Waals surface area contributed by atoms with Crippen molar-refractivity contribution in [2.24, 2.45) is 5.10 Å². The summed E-state index contributed by atoms with van der Waals surface area (Å²) in [6, 6.07) is 15.2. The number of non-ortho nitro benzene ring substituents is 1. The van der Waals surface area contributed by atoms with Crippen molar-refractivity contribution in [1.82, 2.24) is 9.66 Å². The summed E-state index contributed by atoms with van der Waals surface area (Å²) in [6.45, 7) is 4.46. The van der Waals surface area contributed by atoms with Gasteiger partial charge in [-0.05, 0) is 65.2 Å².